The second kappa shape index (κ2) is 9.32. The van der Waals surface area contributed by atoms with E-state index in [-0.39, 0.29) is 23.8 Å². The largest absolute Gasteiger partial charge is 0.356 e. The third-order valence-corrected chi connectivity index (χ3v) is 4.96. The van der Waals surface area contributed by atoms with Crippen LogP contribution in [0, 0.1) is 5.82 Å². The smallest absolute Gasteiger partial charge is 0.293 e. The van der Waals surface area contributed by atoms with Gasteiger partial charge in [0.2, 0.25) is 5.91 Å². The van der Waals surface area contributed by atoms with Crippen LogP contribution in [0.25, 0.3) is 6.08 Å². The second-order valence-electron chi connectivity index (χ2n) is 6.14. The van der Waals surface area contributed by atoms with Gasteiger partial charge < -0.3 is 9.88 Å². The van der Waals surface area contributed by atoms with Crippen LogP contribution in [0.15, 0.2) is 47.9 Å². The SMILES string of the molecule is O=C(CCN1C(=O)S/C(=C/c2cccc(F)c2)C1=O)NCCCn1ccnc1. The highest BCUT2D eigenvalue weighted by Crippen LogP contribution is 2.32. The van der Waals surface area contributed by atoms with Crippen molar-refractivity contribution in [2.24, 2.45) is 0 Å². The van der Waals surface area contributed by atoms with E-state index in [0.717, 1.165) is 29.6 Å². The fraction of sp³-hybridized carbons (Fsp3) is 0.263. The van der Waals surface area contributed by atoms with Crippen LogP contribution >= 0.6 is 11.8 Å². The molecular weight excluding hydrogens is 383 g/mol. The topological polar surface area (TPSA) is 84.3 Å². The van der Waals surface area contributed by atoms with E-state index in [2.05, 4.69) is 10.3 Å². The van der Waals surface area contributed by atoms with E-state index in [9.17, 15) is 18.8 Å². The van der Waals surface area contributed by atoms with E-state index < -0.39 is 17.0 Å². The lowest BCUT2D eigenvalue weighted by atomic mass is 10.2. The first-order chi connectivity index (χ1) is 13.5. The van der Waals surface area contributed by atoms with Crippen LogP contribution in [-0.2, 0) is 16.1 Å². The van der Waals surface area contributed by atoms with E-state index in [1.165, 1.54) is 24.3 Å². The number of nitrogens with zero attached hydrogens (tertiary/aromatic N) is 3. The van der Waals surface area contributed by atoms with Gasteiger partial charge in [-0.2, -0.15) is 0 Å². The highest BCUT2D eigenvalue weighted by atomic mass is 32.2. The molecule has 1 aromatic heterocycles. The van der Waals surface area contributed by atoms with Crippen molar-refractivity contribution in [3.05, 3.63) is 59.3 Å². The Morgan fingerprint density at radius 3 is 2.89 bits per heavy atom. The van der Waals surface area contributed by atoms with Crippen LogP contribution in [0.1, 0.15) is 18.4 Å². The standard InChI is InChI=1S/C19H19FN4O3S/c20-15-4-1-3-14(11-15)12-16-18(26)24(19(27)28-16)9-5-17(25)22-6-2-8-23-10-7-21-13-23/h1,3-4,7,10-13H,2,5-6,8-9H2,(H,22,25)/b16-12+. The molecule has 3 amide bonds. The molecule has 0 bridgehead atoms. The lowest BCUT2D eigenvalue weighted by molar-refractivity contribution is -0.124. The van der Waals surface area contributed by atoms with Crippen LogP contribution in [0.3, 0.4) is 0 Å². The molecule has 7 nitrogen and oxygen atoms in total. The average molecular weight is 402 g/mol. The number of rotatable bonds is 8. The Labute approximate surface area is 165 Å². The van der Waals surface area contributed by atoms with E-state index in [1.54, 1.807) is 18.6 Å². The molecule has 0 spiro atoms. The third kappa shape index (κ3) is 5.29. The van der Waals surface area contributed by atoms with Crippen LogP contribution in [0.5, 0.6) is 0 Å². The van der Waals surface area contributed by atoms with E-state index >= 15 is 0 Å². The molecule has 0 saturated carbocycles. The van der Waals surface area contributed by atoms with Crippen molar-refractivity contribution >= 4 is 34.9 Å². The number of halogens is 1. The number of carbonyl (C=O) groups is 3. The first-order valence-electron chi connectivity index (χ1n) is 8.76. The third-order valence-electron chi connectivity index (χ3n) is 4.06. The van der Waals surface area contributed by atoms with Crippen molar-refractivity contribution in [2.75, 3.05) is 13.1 Å². The van der Waals surface area contributed by atoms with Gasteiger partial charge in [-0.1, -0.05) is 12.1 Å². The number of carbonyl (C=O) groups excluding carboxylic acids is 3. The molecule has 0 atom stereocenters. The Morgan fingerprint density at radius 1 is 1.29 bits per heavy atom. The summed E-state index contributed by atoms with van der Waals surface area (Å²) < 4.78 is 15.2. The van der Waals surface area contributed by atoms with Gasteiger partial charge in [0.05, 0.1) is 11.2 Å². The van der Waals surface area contributed by atoms with Crippen LogP contribution in [0.4, 0.5) is 9.18 Å². The van der Waals surface area contributed by atoms with Gasteiger partial charge in [0, 0.05) is 38.4 Å². The summed E-state index contributed by atoms with van der Waals surface area (Å²) in [6.07, 6.45) is 7.51. The molecular formula is C19H19FN4O3S. The van der Waals surface area contributed by atoms with Crippen LogP contribution in [0.2, 0.25) is 0 Å². The van der Waals surface area contributed by atoms with Crippen molar-refractivity contribution in [1.82, 2.24) is 19.8 Å². The second-order valence-corrected chi connectivity index (χ2v) is 7.14. The maximum atomic E-state index is 13.3. The van der Waals surface area contributed by atoms with Gasteiger partial charge in [0.1, 0.15) is 5.82 Å². The fourth-order valence-electron chi connectivity index (χ4n) is 2.65. The molecule has 0 radical (unpaired) electrons. The predicted octanol–water partition coefficient (Wildman–Crippen LogP) is 2.66. The molecule has 2 heterocycles. The number of imidazole rings is 1. The van der Waals surface area contributed by atoms with Gasteiger partial charge in [-0.05, 0) is 42.0 Å². The number of hydrogen-bond acceptors (Lipinski definition) is 5. The number of amides is 3. The molecule has 2 aromatic rings. The number of benzene rings is 1. The Hall–Kier alpha value is -2.94. The Balaban J connectivity index is 1.45. The van der Waals surface area contributed by atoms with Crippen LogP contribution in [-0.4, -0.2) is 44.6 Å². The molecule has 0 unspecified atom stereocenters. The van der Waals surface area contributed by atoms with Gasteiger partial charge in [0.25, 0.3) is 11.1 Å². The molecule has 0 aliphatic carbocycles. The molecule has 1 saturated heterocycles. The molecule has 9 heteroatoms. The monoisotopic (exact) mass is 402 g/mol. The first kappa shape index (κ1) is 19.8. The summed E-state index contributed by atoms with van der Waals surface area (Å²) in [4.78, 5) is 41.6. The fourth-order valence-corrected chi connectivity index (χ4v) is 3.52. The van der Waals surface area contributed by atoms with Gasteiger partial charge in [-0.3, -0.25) is 19.3 Å². The first-order valence-corrected chi connectivity index (χ1v) is 9.58. The summed E-state index contributed by atoms with van der Waals surface area (Å²) >= 11 is 0.790. The zero-order chi connectivity index (χ0) is 19.9. The van der Waals surface area contributed by atoms with Crippen molar-refractivity contribution in [3.63, 3.8) is 0 Å². The maximum absolute atomic E-state index is 13.3. The predicted molar refractivity (Wildman–Crippen MR) is 104 cm³/mol. The quantitative estimate of drug-likeness (QED) is 0.542. The number of hydrogen-bond donors (Lipinski definition) is 1. The molecule has 28 heavy (non-hydrogen) atoms. The van der Waals surface area contributed by atoms with Crippen molar-refractivity contribution < 1.29 is 18.8 Å². The minimum atomic E-state index is -0.466. The van der Waals surface area contributed by atoms with Gasteiger partial charge in [0.15, 0.2) is 0 Å². The molecule has 1 N–H and O–H groups in total. The Kier molecular flexibility index (Phi) is 6.59. The van der Waals surface area contributed by atoms with Crippen LogP contribution < -0.4 is 5.32 Å². The number of imide groups is 1. The average Bonchev–Trinajstić information content (AvgIpc) is 3.26. The lowest BCUT2D eigenvalue weighted by Gasteiger charge is -2.12. The minimum absolute atomic E-state index is 0.0124. The summed E-state index contributed by atoms with van der Waals surface area (Å²) in [6.45, 7) is 1.26. The summed E-state index contributed by atoms with van der Waals surface area (Å²) in [6, 6.07) is 5.76. The molecule has 1 fully saturated rings. The van der Waals surface area contributed by atoms with Gasteiger partial charge in [-0.15, -0.1) is 0 Å². The molecule has 146 valence electrons. The van der Waals surface area contributed by atoms with E-state index in [4.69, 9.17) is 0 Å². The Bertz CT molecular complexity index is 898. The lowest BCUT2D eigenvalue weighted by Crippen LogP contribution is -2.34. The van der Waals surface area contributed by atoms with Crippen molar-refractivity contribution in [2.45, 2.75) is 19.4 Å². The zero-order valence-electron chi connectivity index (χ0n) is 15.0. The number of aryl methyl sites for hydroxylation is 1. The summed E-state index contributed by atoms with van der Waals surface area (Å²) in [5.41, 5.74) is 0.501. The molecule has 1 aromatic carbocycles. The molecule has 1 aliphatic heterocycles. The minimum Gasteiger partial charge on any atom is -0.356 e. The van der Waals surface area contributed by atoms with E-state index in [1.807, 2.05) is 10.8 Å². The summed E-state index contributed by atoms with van der Waals surface area (Å²) in [5.74, 6) is -1.11. The Morgan fingerprint density at radius 2 is 2.14 bits per heavy atom. The zero-order valence-corrected chi connectivity index (χ0v) is 15.8. The molecule has 3 rings (SSSR count). The number of aromatic nitrogens is 2. The normalized spacial score (nSPS) is 15.5. The van der Waals surface area contributed by atoms with Gasteiger partial charge >= 0.3 is 0 Å². The molecule has 1 aliphatic rings. The number of nitrogens with one attached hydrogen (secondary N) is 1. The summed E-state index contributed by atoms with van der Waals surface area (Å²) in [7, 11) is 0. The summed E-state index contributed by atoms with van der Waals surface area (Å²) in [5, 5.41) is 2.34. The van der Waals surface area contributed by atoms with Crippen molar-refractivity contribution in [3.8, 4) is 0 Å². The van der Waals surface area contributed by atoms with Crippen molar-refractivity contribution in [1.29, 1.82) is 0 Å². The maximum Gasteiger partial charge on any atom is 0.293 e. The van der Waals surface area contributed by atoms with Gasteiger partial charge in [-0.25, -0.2) is 9.37 Å². The highest BCUT2D eigenvalue weighted by molar-refractivity contribution is 8.18. The van der Waals surface area contributed by atoms with E-state index in [0.29, 0.717) is 12.1 Å². The highest BCUT2D eigenvalue weighted by Gasteiger charge is 2.34. The number of thioether (sulfide) groups is 1.